The van der Waals surface area contributed by atoms with Gasteiger partial charge >= 0.3 is 0 Å². The summed E-state index contributed by atoms with van der Waals surface area (Å²) in [7, 11) is 0. The molecule has 2 rings (SSSR count). The number of rotatable bonds is 7. The Morgan fingerprint density at radius 1 is 1.43 bits per heavy atom. The molecule has 1 aromatic rings. The van der Waals surface area contributed by atoms with Crippen LogP contribution in [0.1, 0.15) is 32.3 Å². The summed E-state index contributed by atoms with van der Waals surface area (Å²) in [6.45, 7) is 8.71. The lowest BCUT2D eigenvalue weighted by Gasteiger charge is -2.23. The number of aliphatic hydroxyl groups is 1. The van der Waals surface area contributed by atoms with Crippen LogP contribution in [0.2, 0.25) is 5.02 Å². The van der Waals surface area contributed by atoms with Crippen molar-refractivity contribution in [1.82, 2.24) is 5.32 Å². The Balaban J connectivity index is 2.05. The molecule has 0 bridgehead atoms. The first kappa shape index (κ1) is 16.6. The second-order valence-electron chi connectivity index (χ2n) is 6.41. The Morgan fingerprint density at radius 2 is 2.24 bits per heavy atom. The molecule has 1 atom stereocenters. The summed E-state index contributed by atoms with van der Waals surface area (Å²) in [6.07, 6.45) is 2.06. The van der Waals surface area contributed by atoms with Crippen molar-refractivity contribution in [2.45, 2.75) is 33.2 Å². The van der Waals surface area contributed by atoms with E-state index in [1.807, 2.05) is 6.07 Å². The fourth-order valence-corrected chi connectivity index (χ4v) is 3.11. The van der Waals surface area contributed by atoms with Crippen LogP contribution in [-0.4, -0.2) is 31.3 Å². The molecule has 0 aromatic heterocycles. The van der Waals surface area contributed by atoms with Crippen molar-refractivity contribution in [1.29, 1.82) is 0 Å². The van der Waals surface area contributed by atoms with Crippen molar-refractivity contribution in [3.05, 3.63) is 28.8 Å². The molecule has 1 aromatic carbocycles. The molecule has 1 unspecified atom stereocenters. The number of nitrogens with zero attached hydrogens (tertiary/aromatic N) is 1. The first-order valence-corrected chi connectivity index (χ1v) is 8.33. The third-order valence-electron chi connectivity index (χ3n) is 4.08. The number of halogens is 1. The van der Waals surface area contributed by atoms with Crippen LogP contribution < -0.4 is 10.2 Å². The van der Waals surface area contributed by atoms with Crippen molar-refractivity contribution in [2.75, 3.05) is 31.1 Å². The normalized spacial score (nSPS) is 18.7. The molecule has 3 nitrogen and oxygen atoms in total. The van der Waals surface area contributed by atoms with Gasteiger partial charge in [0.2, 0.25) is 0 Å². The van der Waals surface area contributed by atoms with Gasteiger partial charge in [0.25, 0.3) is 0 Å². The average molecular weight is 311 g/mol. The van der Waals surface area contributed by atoms with Crippen LogP contribution in [0.3, 0.4) is 0 Å². The number of aliphatic hydroxyl groups excluding tert-OH is 1. The fraction of sp³-hybridized carbons (Fsp3) is 0.647. The van der Waals surface area contributed by atoms with Gasteiger partial charge in [-0.05, 0) is 48.9 Å². The highest BCUT2D eigenvalue weighted by Gasteiger charge is 2.23. The predicted molar refractivity (Wildman–Crippen MR) is 90.0 cm³/mol. The lowest BCUT2D eigenvalue weighted by molar-refractivity contribution is 0.263. The van der Waals surface area contributed by atoms with E-state index in [9.17, 15) is 0 Å². The summed E-state index contributed by atoms with van der Waals surface area (Å²) in [5.74, 6) is 1.26. The molecule has 1 aliphatic rings. The van der Waals surface area contributed by atoms with E-state index in [1.54, 1.807) is 0 Å². The molecule has 0 aliphatic carbocycles. The summed E-state index contributed by atoms with van der Waals surface area (Å²) >= 11 is 6.19. The maximum absolute atomic E-state index is 9.10. The number of benzene rings is 1. The van der Waals surface area contributed by atoms with Crippen LogP contribution in [0.15, 0.2) is 18.2 Å². The molecule has 0 amide bonds. The first-order valence-electron chi connectivity index (χ1n) is 7.95. The van der Waals surface area contributed by atoms with Gasteiger partial charge in [-0.2, -0.15) is 0 Å². The molecule has 1 heterocycles. The molecule has 1 aliphatic heterocycles. The van der Waals surface area contributed by atoms with Gasteiger partial charge in [0.05, 0.1) is 0 Å². The van der Waals surface area contributed by atoms with Crippen LogP contribution in [0.25, 0.3) is 0 Å². The lowest BCUT2D eigenvalue weighted by atomic mass is 10.1. The smallest absolute Gasteiger partial charge is 0.0434 e. The van der Waals surface area contributed by atoms with E-state index in [2.05, 4.69) is 36.2 Å². The van der Waals surface area contributed by atoms with Crippen molar-refractivity contribution in [2.24, 2.45) is 11.8 Å². The Hall–Kier alpha value is -0.770. The fourth-order valence-electron chi connectivity index (χ4n) is 2.95. The van der Waals surface area contributed by atoms with Crippen molar-refractivity contribution in [3.63, 3.8) is 0 Å². The topological polar surface area (TPSA) is 35.5 Å². The van der Waals surface area contributed by atoms with Crippen LogP contribution >= 0.6 is 11.6 Å². The van der Waals surface area contributed by atoms with Crippen LogP contribution in [-0.2, 0) is 6.54 Å². The lowest BCUT2D eigenvalue weighted by Crippen LogP contribution is -2.24. The quantitative estimate of drug-likeness (QED) is 0.811. The zero-order chi connectivity index (χ0) is 15.2. The van der Waals surface area contributed by atoms with E-state index >= 15 is 0 Å². The van der Waals surface area contributed by atoms with E-state index in [1.165, 1.54) is 11.3 Å². The number of anilines is 1. The van der Waals surface area contributed by atoms with Crippen LogP contribution in [0.4, 0.5) is 5.69 Å². The number of nitrogens with one attached hydrogen (secondary N) is 1. The zero-order valence-corrected chi connectivity index (χ0v) is 13.9. The van der Waals surface area contributed by atoms with E-state index in [-0.39, 0.29) is 6.61 Å². The summed E-state index contributed by atoms with van der Waals surface area (Å²) in [5.41, 5.74) is 2.56. The molecule has 1 saturated heterocycles. The minimum absolute atomic E-state index is 0.289. The van der Waals surface area contributed by atoms with Gasteiger partial charge in [0.15, 0.2) is 0 Å². The van der Waals surface area contributed by atoms with Gasteiger partial charge in [-0.1, -0.05) is 31.5 Å². The van der Waals surface area contributed by atoms with E-state index in [0.29, 0.717) is 11.8 Å². The van der Waals surface area contributed by atoms with Crippen LogP contribution in [0, 0.1) is 11.8 Å². The minimum atomic E-state index is 0.289. The Morgan fingerprint density at radius 3 is 2.95 bits per heavy atom. The van der Waals surface area contributed by atoms with Gasteiger partial charge in [0, 0.05) is 37.0 Å². The summed E-state index contributed by atoms with van der Waals surface area (Å²) < 4.78 is 0. The van der Waals surface area contributed by atoms with E-state index in [4.69, 9.17) is 16.7 Å². The third kappa shape index (κ3) is 4.87. The molecule has 118 valence electrons. The molecule has 0 saturated carbocycles. The van der Waals surface area contributed by atoms with E-state index < -0.39 is 0 Å². The number of hydrogen-bond acceptors (Lipinski definition) is 3. The Bertz CT molecular complexity index is 450. The summed E-state index contributed by atoms with van der Waals surface area (Å²) in [4.78, 5) is 2.42. The SMILES string of the molecule is CC(C)CNCc1ccc(Cl)cc1N1CCC(CCO)C1. The highest BCUT2D eigenvalue weighted by atomic mass is 35.5. The van der Waals surface area contributed by atoms with E-state index in [0.717, 1.165) is 44.0 Å². The van der Waals surface area contributed by atoms with Gasteiger partial charge in [0.1, 0.15) is 0 Å². The largest absolute Gasteiger partial charge is 0.396 e. The Kier molecular flexibility index (Phi) is 6.34. The highest BCUT2D eigenvalue weighted by molar-refractivity contribution is 6.30. The maximum Gasteiger partial charge on any atom is 0.0434 e. The third-order valence-corrected chi connectivity index (χ3v) is 4.31. The standard InChI is InChI=1S/C17H27ClN2O/c1-13(2)10-19-11-15-3-4-16(18)9-17(15)20-7-5-14(12-20)6-8-21/h3-4,9,13-14,19,21H,5-8,10-12H2,1-2H3. The molecule has 0 spiro atoms. The van der Waals surface area contributed by atoms with Crippen molar-refractivity contribution in [3.8, 4) is 0 Å². The van der Waals surface area contributed by atoms with Crippen molar-refractivity contribution >= 4 is 17.3 Å². The zero-order valence-electron chi connectivity index (χ0n) is 13.1. The summed E-state index contributed by atoms with van der Waals surface area (Å²) in [6, 6.07) is 6.18. The molecular formula is C17H27ClN2O. The second-order valence-corrected chi connectivity index (χ2v) is 6.85. The van der Waals surface area contributed by atoms with Gasteiger partial charge in [-0.15, -0.1) is 0 Å². The first-order chi connectivity index (χ1) is 10.1. The molecular weight excluding hydrogens is 284 g/mol. The molecule has 21 heavy (non-hydrogen) atoms. The molecule has 2 N–H and O–H groups in total. The summed E-state index contributed by atoms with van der Waals surface area (Å²) in [5, 5.41) is 13.4. The predicted octanol–water partition coefficient (Wildman–Crippen LogP) is 3.29. The molecule has 0 radical (unpaired) electrons. The monoisotopic (exact) mass is 310 g/mol. The maximum atomic E-state index is 9.10. The Labute approximate surface area is 133 Å². The highest BCUT2D eigenvalue weighted by Crippen LogP contribution is 2.30. The average Bonchev–Trinajstić information content (AvgIpc) is 2.89. The molecule has 4 heteroatoms. The van der Waals surface area contributed by atoms with Gasteiger partial charge in [-0.3, -0.25) is 0 Å². The minimum Gasteiger partial charge on any atom is -0.396 e. The van der Waals surface area contributed by atoms with Crippen LogP contribution in [0.5, 0.6) is 0 Å². The van der Waals surface area contributed by atoms with Gasteiger partial charge in [-0.25, -0.2) is 0 Å². The molecule has 1 fully saturated rings. The van der Waals surface area contributed by atoms with Crippen molar-refractivity contribution < 1.29 is 5.11 Å². The second kappa shape index (κ2) is 8.02. The number of hydrogen-bond donors (Lipinski definition) is 2. The van der Waals surface area contributed by atoms with Gasteiger partial charge < -0.3 is 15.3 Å².